The van der Waals surface area contributed by atoms with Gasteiger partial charge in [0.2, 0.25) is 6.17 Å². The lowest BCUT2D eigenvalue weighted by Crippen LogP contribution is -2.51. The molecule has 39 heavy (non-hydrogen) atoms. The Bertz CT molecular complexity index is 1400. The van der Waals surface area contributed by atoms with E-state index in [0.29, 0.717) is 11.4 Å². The van der Waals surface area contributed by atoms with Crippen LogP contribution >= 0.6 is 0 Å². The van der Waals surface area contributed by atoms with E-state index in [2.05, 4.69) is 10.6 Å². The Balaban J connectivity index is 1.49. The normalized spacial score (nSPS) is 18.1. The number of benzodiazepines with no additional fused rings is 1. The molecule has 3 amide bonds. The van der Waals surface area contributed by atoms with E-state index in [4.69, 9.17) is 4.99 Å². The second-order valence-electron chi connectivity index (χ2n) is 9.81. The van der Waals surface area contributed by atoms with Gasteiger partial charge in [0.05, 0.1) is 29.6 Å². The molecule has 200 valence electrons. The Kier molecular flexibility index (Phi) is 7.69. The number of carboxylic acids is 1. The summed E-state index contributed by atoms with van der Waals surface area (Å²) in [6, 6.07) is 21.9. The van der Waals surface area contributed by atoms with Gasteiger partial charge in [-0.15, -0.1) is 0 Å². The van der Waals surface area contributed by atoms with Gasteiger partial charge < -0.3 is 25.7 Å². The summed E-state index contributed by atoms with van der Waals surface area (Å²) < 4.78 is 0. The molecule has 3 aromatic carbocycles. The summed E-state index contributed by atoms with van der Waals surface area (Å²) >= 11 is 0. The minimum absolute atomic E-state index is 0.0188. The van der Waals surface area contributed by atoms with Crippen molar-refractivity contribution in [1.29, 1.82) is 0 Å². The number of carbonyl (C=O) groups is 3. The van der Waals surface area contributed by atoms with Gasteiger partial charge in [-0.25, -0.2) is 14.6 Å². The van der Waals surface area contributed by atoms with Crippen molar-refractivity contribution in [3.8, 4) is 0 Å². The highest BCUT2D eigenvalue weighted by Gasteiger charge is 2.35. The van der Waals surface area contributed by atoms with Crippen molar-refractivity contribution in [3.63, 3.8) is 0 Å². The first-order valence-corrected chi connectivity index (χ1v) is 13.0. The molecular formula is C30H30N4O5. The van der Waals surface area contributed by atoms with E-state index in [1.807, 2.05) is 54.6 Å². The number of nitrogens with one attached hydrogen (secondary N) is 2. The molecular weight excluding hydrogens is 496 g/mol. The number of para-hydroxylation sites is 1. The number of aliphatic hydroxyl groups is 1. The summed E-state index contributed by atoms with van der Waals surface area (Å²) in [5.41, 5.74) is 2.92. The number of carboxylic acid groups (broad SMARTS) is 1. The average molecular weight is 527 g/mol. The van der Waals surface area contributed by atoms with Crippen molar-refractivity contribution in [3.05, 3.63) is 95.6 Å². The van der Waals surface area contributed by atoms with Crippen molar-refractivity contribution in [2.45, 2.75) is 38.0 Å². The maximum Gasteiger partial charge on any atom is 0.335 e. The zero-order chi connectivity index (χ0) is 27.4. The predicted molar refractivity (Wildman–Crippen MR) is 148 cm³/mol. The number of aliphatic imine (C=N–C) groups is 1. The number of benzene rings is 3. The molecule has 1 aliphatic heterocycles. The molecule has 5 rings (SSSR count). The number of hydrogen-bond acceptors (Lipinski definition) is 5. The smallest absolute Gasteiger partial charge is 0.335 e. The van der Waals surface area contributed by atoms with Gasteiger partial charge in [-0.3, -0.25) is 4.79 Å². The van der Waals surface area contributed by atoms with Gasteiger partial charge in [0.25, 0.3) is 5.91 Å². The van der Waals surface area contributed by atoms with E-state index >= 15 is 0 Å². The quantitative estimate of drug-likeness (QED) is 0.365. The fourth-order valence-corrected chi connectivity index (χ4v) is 5.24. The molecule has 0 spiro atoms. The van der Waals surface area contributed by atoms with Crippen LogP contribution in [0, 0.1) is 5.92 Å². The van der Waals surface area contributed by atoms with Crippen LogP contribution in [0.4, 0.5) is 16.2 Å². The molecule has 0 saturated heterocycles. The molecule has 9 nitrogen and oxygen atoms in total. The van der Waals surface area contributed by atoms with Crippen LogP contribution in [0.15, 0.2) is 83.9 Å². The van der Waals surface area contributed by atoms with Crippen LogP contribution in [0.3, 0.4) is 0 Å². The van der Waals surface area contributed by atoms with Crippen LogP contribution in [0.1, 0.15) is 47.2 Å². The van der Waals surface area contributed by atoms with Crippen molar-refractivity contribution in [2.75, 3.05) is 16.8 Å². The predicted octanol–water partition coefficient (Wildman–Crippen LogP) is 4.27. The highest BCUT2D eigenvalue weighted by Crippen LogP contribution is 2.32. The summed E-state index contributed by atoms with van der Waals surface area (Å²) in [5, 5.41) is 25.6. The Morgan fingerprint density at radius 2 is 1.69 bits per heavy atom. The highest BCUT2D eigenvalue weighted by molar-refractivity contribution is 6.20. The minimum Gasteiger partial charge on any atom is -0.478 e. The molecule has 1 saturated carbocycles. The number of amides is 3. The van der Waals surface area contributed by atoms with Gasteiger partial charge in [-0.2, -0.15) is 0 Å². The first kappa shape index (κ1) is 26.1. The van der Waals surface area contributed by atoms with Crippen LogP contribution in [-0.4, -0.2) is 52.6 Å². The molecule has 1 aliphatic carbocycles. The minimum atomic E-state index is -1.29. The molecule has 9 heteroatoms. The Labute approximate surface area is 226 Å². The second kappa shape index (κ2) is 11.5. The topological polar surface area (TPSA) is 131 Å². The van der Waals surface area contributed by atoms with Crippen molar-refractivity contribution in [2.24, 2.45) is 10.9 Å². The maximum atomic E-state index is 14.0. The first-order valence-electron chi connectivity index (χ1n) is 13.0. The molecule has 1 fully saturated rings. The Hall–Kier alpha value is -4.50. The van der Waals surface area contributed by atoms with Crippen LogP contribution in [-0.2, 0) is 4.79 Å². The largest absolute Gasteiger partial charge is 0.478 e. The molecule has 0 radical (unpaired) electrons. The number of rotatable bonds is 7. The molecule has 1 unspecified atom stereocenters. The summed E-state index contributed by atoms with van der Waals surface area (Å²) in [7, 11) is 0. The van der Waals surface area contributed by atoms with Gasteiger partial charge in [0.15, 0.2) is 0 Å². The number of carbonyl (C=O) groups excluding carboxylic acids is 2. The van der Waals surface area contributed by atoms with E-state index in [9.17, 15) is 24.6 Å². The zero-order valence-corrected chi connectivity index (χ0v) is 21.3. The second-order valence-corrected chi connectivity index (χ2v) is 9.81. The summed E-state index contributed by atoms with van der Waals surface area (Å²) in [5.74, 6) is -1.48. The molecule has 0 bridgehead atoms. The lowest BCUT2D eigenvalue weighted by molar-refractivity contribution is -0.120. The van der Waals surface area contributed by atoms with Crippen LogP contribution in [0.2, 0.25) is 0 Å². The fourth-order valence-electron chi connectivity index (χ4n) is 5.24. The van der Waals surface area contributed by atoms with Crippen LogP contribution < -0.4 is 15.5 Å². The number of aliphatic hydroxyl groups excluding tert-OH is 1. The molecule has 4 N–H and O–H groups in total. The van der Waals surface area contributed by atoms with E-state index in [-0.39, 0.29) is 23.7 Å². The summed E-state index contributed by atoms with van der Waals surface area (Å²) in [4.78, 5) is 44.5. The monoisotopic (exact) mass is 526 g/mol. The number of nitrogens with zero attached hydrogens (tertiary/aromatic N) is 2. The molecule has 2 aliphatic rings. The van der Waals surface area contributed by atoms with Crippen molar-refractivity contribution >= 4 is 35.0 Å². The van der Waals surface area contributed by atoms with Gasteiger partial charge in [-0.05, 0) is 43.0 Å². The van der Waals surface area contributed by atoms with Crippen molar-refractivity contribution < 1.29 is 24.6 Å². The summed E-state index contributed by atoms with van der Waals surface area (Å²) in [6.07, 6.45) is 1.94. The Morgan fingerprint density at radius 1 is 0.974 bits per heavy atom. The van der Waals surface area contributed by atoms with E-state index in [1.165, 1.54) is 23.1 Å². The van der Waals surface area contributed by atoms with E-state index in [1.54, 1.807) is 6.07 Å². The number of hydrogen-bond donors (Lipinski definition) is 4. The van der Waals surface area contributed by atoms with Gasteiger partial charge in [0, 0.05) is 16.8 Å². The highest BCUT2D eigenvalue weighted by atomic mass is 16.4. The molecule has 0 aromatic heterocycles. The average Bonchev–Trinajstić information content (AvgIpc) is 3.46. The van der Waals surface area contributed by atoms with Crippen LogP contribution in [0.25, 0.3) is 0 Å². The molecule has 3 aromatic rings. The lowest BCUT2D eigenvalue weighted by atomic mass is 9.98. The molecule has 1 heterocycles. The number of aromatic carboxylic acids is 1. The van der Waals surface area contributed by atoms with E-state index < -0.39 is 30.2 Å². The van der Waals surface area contributed by atoms with Crippen LogP contribution in [0.5, 0.6) is 0 Å². The van der Waals surface area contributed by atoms with Gasteiger partial charge in [0.1, 0.15) is 0 Å². The van der Waals surface area contributed by atoms with Crippen molar-refractivity contribution in [1.82, 2.24) is 5.32 Å². The van der Waals surface area contributed by atoms with Gasteiger partial charge in [-0.1, -0.05) is 67.4 Å². The SMILES string of the molecule is O=C(Nc1cccc(C(=O)O)c1)N[C@@H]1N=C(c2ccccc2)c2ccccc2N(CC(O)C2CCCC2)C1=O. The van der Waals surface area contributed by atoms with Gasteiger partial charge >= 0.3 is 12.0 Å². The standard InChI is InChI=1S/C30H30N4O5/c35-25(19-9-4-5-10-19)18-34-24-16-7-6-15-23(24)26(20-11-2-1-3-12-20)32-27(28(34)36)33-30(39)31-22-14-8-13-21(17-22)29(37)38/h1-3,6-8,11-17,19,25,27,35H,4-5,9-10,18H2,(H,37,38)(H2,31,33,39)/t25?,27-/m0/s1. The number of fused-ring (bicyclic) bond motifs is 1. The summed E-state index contributed by atoms with van der Waals surface area (Å²) in [6.45, 7) is 0.0819. The van der Waals surface area contributed by atoms with E-state index in [0.717, 1.165) is 36.8 Å². The number of anilines is 2. The number of urea groups is 1. The third kappa shape index (κ3) is 5.83. The number of β-amino-alcohol motifs (C(OH)–C–C–N with tert-alkyl or cyclic N) is 1. The zero-order valence-electron chi connectivity index (χ0n) is 21.3. The third-order valence-corrected chi connectivity index (χ3v) is 7.20. The third-order valence-electron chi connectivity index (χ3n) is 7.20. The fraction of sp³-hybridized carbons (Fsp3) is 0.267. The first-order chi connectivity index (χ1) is 18.9. The maximum absolute atomic E-state index is 14.0. The molecule has 2 atom stereocenters. The Morgan fingerprint density at radius 3 is 2.44 bits per heavy atom. The lowest BCUT2D eigenvalue weighted by Gasteiger charge is -2.29.